The minimum absolute atomic E-state index is 0.452. The predicted octanol–water partition coefficient (Wildman–Crippen LogP) is 2.03. The number of hydrogen-bond donors (Lipinski definition) is 3. The molecule has 0 heterocycles. The third kappa shape index (κ3) is 4.24. The highest BCUT2D eigenvalue weighted by molar-refractivity contribution is 6.33. The van der Waals surface area contributed by atoms with Gasteiger partial charge in [-0.05, 0) is 43.0 Å². The van der Waals surface area contributed by atoms with Crippen LogP contribution in [0.3, 0.4) is 0 Å². The van der Waals surface area contributed by atoms with Gasteiger partial charge in [-0.2, -0.15) is 0 Å². The first-order valence-electron chi connectivity index (χ1n) is 6.61. The molecular formula is C13H20BNO3. The van der Waals surface area contributed by atoms with Crippen LogP contribution in [0.15, 0.2) is 24.3 Å². The largest absolute Gasteiger partial charge is 0.707 e. The predicted molar refractivity (Wildman–Crippen MR) is 72.3 cm³/mol. The number of anilines is 1. The Hall–Kier alpha value is -1.20. The maximum Gasteiger partial charge on any atom is 0.707 e. The second-order valence-corrected chi connectivity index (χ2v) is 4.85. The van der Waals surface area contributed by atoms with Crippen molar-refractivity contribution >= 4 is 13.0 Å². The van der Waals surface area contributed by atoms with Crippen molar-refractivity contribution in [1.82, 2.24) is 0 Å². The molecule has 3 N–H and O–H groups in total. The molecule has 1 aliphatic rings. The average molecular weight is 249 g/mol. The fourth-order valence-electron chi connectivity index (χ4n) is 2.43. The second-order valence-electron chi connectivity index (χ2n) is 4.85. The van der Waals surface area contributed by atoms with Crippen molar-refractivity contribution < 1.29 is 14.7 Å². The van der Waals surface area contributed by atoms with Crippen LogP contribution in [-0.2, 0) is 0 Å². The minimum atomic E-state index is -1.76. The van der Waals surface area contributed by atoms with E-state index in [0.29, 0.717) is 5.75 Å². The summed E-state index contributed by atoms with van der Waals surface area (Å²) in [4.78, 5) is 0. The van der Waals surface area contributed by atoms with Crippen LogP contribution in [-0.4, -0.2) is 23.9 Å². The topological polar surface area (TPSA) is 61.7 Å². The summed E-state index contributed by atoms with van der Waals surface area (Å²) in [6, 6.07) is 7.23. The van der Waals surface area contributed by atoms with Gasteiger partial charge in [-0.15, -0.1) is 0 Å². The highest BCUT2D eigenvalue weighted by Gasteiger charge is 2.13. The van der Waals surface area contributed by atoms with Crippen LogP contribution in [0, 0.1) is 5.92 Å². The Morgan fingerprint density at radius 1 is 1.11 bits per heavy atom. The van der Waals surface area contributed by atoms with Gasteiger partial charge in [0.15, 0.2) is 0 Å². The van der Waals surface area contributed by atoms with Gasteiger partial charge >= 0.3 is 7.32 Å². The smallest absolute Gasteiger partial charge is 0.512 e. The van der Waals surface area contributed by atoms with Crippen LogP contribution < -0.4 is 9.97 Å². The van der Waals surface area contributed by atoms with E-state index in [1.165, 1.54) is 32.1 Å². The zero-order valence-corrected chi connectivity index (χ0v) is 10.5. The Bertz CT molecular complexity index is 350. The summed E-state index contributed by atoms with van der Waals surface area (Å²) >= 11 is 0. The Morgan fingerprint density at radius 2 is 1.78 bits per heavy atom. The van der Waals surface area contributed by atoms with E-state index in [-0.39, 0.29) is 0 Å². The van der Waals surface area contributed by atoms with Crippen molar-refractivity contribution in [1.29, 1.82) is 0 Å². The summed E-state index contributed by atoms with van der Waals surface area (Å²) in [6.45, 7) is 1.02. The lowest BCUT2D eigenvalue weighted by Crippen LogP contribution is -2.20. The lowest BCUT2D eigenvalue weighted by molar-refractivity contribution is 0.288. The summed E-state index contributed by atoms with van der Waals surface area (Å²) in [5.41, 5.74) is 1.04. The van der Waals surface area contributed by atoms with Gasteiger partial charge in [0, 0.05) is 12.2 Å². The van der Waals surface area contributed by atoms with E-state index < -0.39 is 7.32 Å². The molecule has 2 rings (SSSR count). The van der Waals surface area contributed by atoms with E-state index in [1.54, 1.807) is 12.1 Å². The normalized spacial score (nSPS) is 16.3. The number of nitrogens with one attached hydrogen (secondary N) is 1. The molecule has 0 aliphatic heterocycles. The SMILES string of the molecule is OB(O)Oc1ccc(NCC2CCCCC2)cc1. The van der Waals surface area contributed by atoms with Gasteiger partial charge < -0.3 is 20.0 Å². The van der Waals surface area contributed by atoms with Crippen LogP contribution in [0.4, 0.5) is 5.69 Å². The molecule has 18 heavy (non-hydrogen) atoms. The highest BCUT2D eigenvalue weighted by Crippen LogP contribution is 2.24. The van der Waals surface area contributed by atoms with Gasteiger partial charge in [0.2, 0.25) is 0 Å². The molecule has 0 amide bonds. The number of hydrogen-bond acceptors (Lipinski definition) is 4. The summed E-state index contributed by atoms with van der Waals surface area (Å²) in [5, 5.41) is 20.7. The zero-order valence-electron chi connectivity index (χ0n) is 10.5. The zero-order chi connectivity index (χ0) is 12.8. The number of rotatable bonds is 5. The molecule has 1 aromatic rings. The van der Waals surface area contributed by atoms with Crippen molar-refractivity contribution in [2.45, 2.75) is 32.1 Å². The minimum Gasteiger partial charge on any atom is -0.512 e. The van der Waals surface area contributed by atoms with Crippen molar-refractivity contribution in [2.75, 3.05) is 11.9 Å². The Kier molecular flexibility index (Phi) is 4.90. The molecule has 0 aromatic heterocycles. The van der Waals surface area contributed by atoms with Gasteiger partial charge in [-0.25, -0.2) is 0 Å². The Morgan fingerprint density at radius 3 is 2.39 bits per heavy atom. The van der Waals surface area contributed by atoms with Gasteiger partial charge in [-0.3, -0.25) is 0 Å². The molecule has 1 saturated carbocycles. The molecule has 98 valence electrons. The van der Waals surface area contributed by atoms with Gasteiger partial charge in [0.05, 0.1) is 0 Å². The Labute approximate surface area is 108 Å². The van der Waals surface area contributed by atoms with Crippen molar-refractivity contribution in [3.63, 3.8) is 0 Å². The van der Waals surface area contributed by atoms with Gasteiger partial charge in [-0.1, -0.05) is 19.3 Å². The monoisotopic (exact) mass is 249 g/mol. The van der Waals surface area contributed by atoms with Crippen molar-refractivity contribution in [3.8, 4) is 5.75 Å². The van der Waals surface area contributed by atoms with Crippen LogP contribution in [0.1, 0.15) is 32.1 Å². The van der Waals surface area contributed by atoms with E-state index >= 15 is 0 Å². The van der Waals surface area contributed by atoms with E-state index in [2.05, 4.69) is 5.32 Å². The third-order valence-corrected chi connectivity index (χ3v) is 3.42. The van der Waals surface area contributed by atoms with E-state index in [4.69, 9.17) is 14.7 Å². The third-order valence-electron chi connectivity index (χ3n) is 3.42. The molecule has 0 saturated heterocycles. The summed E-state index contributed by atoms with van der Waals surface area (Å²) < 4.78 is 4.75. The lowest BCUT2D eigenvalue weighted by Gasteiger charge is -2.22. The fraction of sp³-hybridized carbons (Fsp3) is 0.538. The van der Waals surface area contributed by atoms with Gasteiger partial charge in [0.25, 0.3) is 0 Å². The average Bonchev–Trinajstić information content (AvgIpc) is 2.38. The molecule has 1 aliphatic carbocycles. The highest BCUT2D eigenvalue weighted by atomic mass is 16.6. The van der Waals surface area contributed by atoms with Crippen molar-refractivity contribution in [2.24, 2.45) is 5.92 Å². The molecule has 0 atom stereocenters. The maximum atomic E-state index is 8.67. The summed E-state index contributed by atoms with van der Waals surface area (Å²) in [6.07, 6.45) is 6.74. The molecule has 4 nitrogen and oxygen atoms in total. The molecule has 1 aromatic carbocycles. The van der Waals surface area contributed by atoms with Crippen LogP contribution >= 0.6 is 0 Å². The van der Waals surface area contributed by atoms with Crippen LogP contribution in [0.25, 0.3) is 0 Å². The quantitative estimate of drug-likeness (QED) is 0.699. The summed E-state index contributed by atoms with van der Waals surface area (Å²) in [5.74, 6) is 1.24. The number of benzene rings is 1. The molecule has 0 bridgehead atoms. The first-order valence-corrected chi connectivity index (χ1v) is 6.61. The molecule has 0 radical (unpaired) electrons. The molecule has 1 fully saturated rings. The summed E-state index contributed by atoms with van der Waals surface area (Å²) in [7, 11) is -1.76. The molecular weight excluding hydrogens is 229 g/mol. The Balaban J connectivity index is 1.78. The maximum absolute atomic E-state index is 8.67. The second kappa shape index (κ2) is 6.66. The standard InChI is InChI=1S/C13H20BNO3/c16-14(17)18-13-8-6-12(7-9-13)15-10-11-4-2-1-3-5-11/h6-9,11,15-17H,1-5,10H2. The van der Waals surface area contributed by atoms with Crippen molar-refractivity contribution in [3.05, 3.63) is 24.3 Å². The van der Waals surface area contributed by atoms with E-state index in [1.807, 2.05) is 12.1 Å². The fourth-order valence-corrected chi connectivity index (χ4v) is 2.43. The molecule has 5 heteroatoms. The van der Waals surface area contributed by atoms with E-state index in [9.17, 15) is 0 Å². The molecule has 0 unspecified atom stereocenters. The van der Waals surface area contributed by atoms with Crippen LogP contribution in [0.5, 0.6) is 5.75 Å². The first-order chi connectivity index (χ1) is 8.74. The van der Waals surface area contributed by atoms with Gasteiger partial charge in [0.1, 0.15) is 5.75 Å². The van der Waals surface area contributed by atoms with Crippen LogP contribution in [0.2, 0.25) is 0 Å². The molecule has 0 spiro atoms. The first kappa shape index (κ1) is 13.2. The lowest BCUT2D eigenvalue weighted by atomic mass is 9.89. The van der Waals surface area contributed by atoms with E-state index in [0.717, 1.165) is 18.2 Å².